The van der Waals surface area contributed by atoms with Crippen molar-refractivity contribution < 1.29 is 8.78 Å². The monoisotopic (exact) mass is 260 g/mol. The predicted molar refractivity (Wildman–Crippen MR) is 72.3 cm³/mol. The van der Waals surface area contributed by atoms with Crippen molar-refractivity contribution in [2.24, 2.45) is 0 Å². The number of hydrogen-bond donors (Lipinski definition) is 2. The Morgan fingerprint density at radius 1 is 1.05 bits per heavy atom. The lowest BCUT2D eigenvalue weighted by Gasteiger charge is -2.38. The van der Waals surface area contributed by atoms with Gasteiger partial charge in [-0.15, -0.1) is 0 Å². The molecule has 1 aliphatic heterocycles. The van der Waals surface area contributed by atoms with Gasteiger partial charge in [0.05, 0.1) is 16.9 Å². The first-order chi connectivity index (χ1) is 9.10. The zero-order chi connectivity index (χ0) is 13.5. The second-order valence-electron chi connectivity index (χ2n) is 4.96. The standard InChI is InChI=1S/C15H14F2N2/c1-15(10-5-3-2-4-6-10)9-18-12-8-7-11(16)13(17)14(12)19-15/h2-8,18-19H,9H2,1H3. The van der Waals surface area contributed by atoms with Crippen LogP contribution in [-0.4, -0.2) is 6.54 Å². The van der Waals surface area contributed by atoms with Crippen molar-refractivity contribution >= 4 is 11.4 Å². The molecule has 2 aromatic carbocycles. The Kier molecular flexibility index (Phi) is 2.66. The molecular formula is C15H14F2N2. The molecule has 98 valence electrons. The maximum absolute atomic E-state index is 13.9. The van der Waals surface area contributed by atoms with Gasteiger partial charge in [-0.3, -0.25) is 0 Å². The number of halogens is 2. The second-order valence-corrected chi connectivity index (χ2v) is 4.96. The van der Waals surface area contributed by atoms with E-state index < -0.39 is 17.2 Å². The van der Waals surface area contributed by atoms with E-state index in [1.165, 1.54) is 0 Å². The molecule has 2 N–H and O–H groups in total. The normalized spacial score (nSPS) is 21.2. The fraction of sp³-hybridized carbons (Fsp3) is 0.200. The van der Waals surface area contributed by atoms with Crippen LogP contribution in [0.5, 0.6) is 0 Å². The molecule has 0 radical (unpaired) electrons. The van der Waals surface area contributed by atoms with E-state index in [1.807, 2.05) is 37.3 Å². The molecule has 0 amide bonds. The zero-order valence-corrected chi connectivity index (χ0v) is 10.5. The van der Waals surface area contributed by atoms with Crippen LogP contribution < -0.4 is 10.6 Å². The van der Waals surface area contributed by atoms with Gasteiger partial charge in [-0.2, -0.15) is 0 Å². The molecule has 19 heavy (non-hydrogen) atoms. The molecule has 0 bridgehead atoms. The Morgan fingerprint density at radius 3 is 2.53 bits per heavy atom. The molecule has 0 fully saturated rings. The molecule has 2 aromatic rings. The van der Waals surface area contributed by atoms with Crippen molar-refractivity contribution in [1.82, 2.24) is 0 Å². The van der Waals surface area contributed by atoms with E-state index in [4.69, 9.17) is 0 Å². The Labute approximate surface area is 110 Å². The van der Waals surface area contributed by atoms with Crippen LogP contribution in [0, 0.1) is 11.6 Å². The topological polar surface area (TPSA) is 24.1 Å². The van der Waals surface area contributed by atoms with Crippen LogP contribution in [0.25, 0.3) is 0 Å². The molecular weight excluding hydrogens is 246 g/mol. The fourth-order valence-corrected chi connectivity index (χ4v) is 2.39. The summed E-state index contributed by atoms with van der Waals surface area (Å²) in [5, 5.41) is 6.27. The van der Waals surface area contributed by atoms with Crippen molar-refractivity contribution in [3.8, 4) is 0 Å². The molecule has 4 heteroatoms. The molecule has 1 aliphatic rings. The summed E-state index contributed by atoms with van der Waals surface area (Å²) in [7, 11) is 0. The SMILES string of the molecule is CC1(c2ccccc2)CNc2ccc(F)c(F)c2N1. The van der Waals surface area contributed by atoms with Crippen LogP contribution in [0.1, 0.15) is 12.5 Å². The van der Waals surface area contributed by atoms with Crippen molar-refractivity contribution in [3.63, 3.8) is 0 Å². The van der Waals surface area contributed by atoms with E-state index >= 15 is 0 Å². The van der Waals surface area contributed by atoms with Crippen molar-refractivity contribution in [2.45, 2.75) is 12.5 Å². The van der Waals surface area contributed by atoms with Gasteiger partial charge in [-0.25, -0.2) is 8.78 Å². The minimum Gasteiger partial charge on any atom is -0.381 e. The highest BCUT2D eigenvalue weighted by molar-refractivity contribution is 5.73. The molecule has 0 spiro atoms. The summed E-state index contributed by atoms with van der Waals surface area (Å²) >= 11 is 0. The van der Waals surface area contributed by atoms with Gasteiger partial charge in [-0.05, 0) is 24.6 Å². The summed E-state index contributed by atoms with van der Waals surface area (Å²) in [6.07, 6.45) is 0. The zero-order valence-electron chi connectivity index (χ0n) is 10.5. The van der Waals surface area contributed by atoms with Gasteiger partial charge < -0.3 is 10.6 Å². The minimum absolute atomic E-state index is 0.192. The molecule has 1 unspecified atom stereocenters. The smallest absolute Gasteiger partial charge is 0.184 e. The molecule has 0 saturated carbocycles. The number of rotatable bonds is 1. The summed E-state index contributed by atoms with van der Waals surface area (Å²) in [5.41, 5.74) is 1.34. The van der Waals surface area contributed by atoms with E-state index in [1.54, 1.807) is 6.07 Å². The lowest BCUT2D eigenvalue weighted by atomic mass is 9.89. The highest BCUT2D eigenvalue weighted by Crippen LogP contribution is 2.37. The average molecular weight is 260 g/mol. The molecule has 0 aromatic heterocycles. The van der Waals surface area contributed by atoms with E-state index in [2.05, 4.69) is 10.6 Å². The Balaban J connectivity index is 2.04. The van der Waals surface area contributed by atoms with E-state index in [0.29, 0.717) is 12.2 Å². The number of benzene rings is 2. The molecule has 3 rings (SSSR count). The quantitative estimate of drug-likeness (QED) is 0.816. The van der Waals surface area contributed by atoms with Gasteiger partial charge in [0, 0.05) is 6.54 Å². The Hall–Kier alpha value is -2.10. The van der Waals surface area contributed by atoms with Crippen molar-refractivity contribution in [1.29, 1.82) is 0 Å². The Morgan fingerprint density at radius 2 is 1.79 bits per heavy atom. The summed E-state index contributed by atoms with van der Waals surface area (Å²) < 4.78 is 27.2. The summed E-state index contributed by atoms with van der Waals surface area (Å²) in [5.74, 6) is -1.68. The second kappa shape index (κ2) is 4.23. The van der Waals surface area contributed by atoms with Gasteiger partial charge in [0.2, 0.25) is 0 Å². The summed E-state index contributed by atoms with van der Waals surface area (Å²) in [4.78, 5) is 0. The molecule has 0 aliphatic carbocycles. The fourth-order valence-electron chi connectivity index (χ4n) is 2.39. The molecule has 0 saturated heterocycles. The van der Waals surface area contributed by atoms with Crippen LogP contribution in [-0.2, 0) is 5.54 Å². The highest BCUT2D eigenvalue weighted by atomic mass is 19.2. The minimum atomic E-state index is -0.842. The number of nitrogens with one attached hydrogen (secondary N) is 2. The largest absolute Gasteiger partial charge is 0.381 e. The maximum Gasteiger partial charge on any atom is 0.184 e. The molecule has 1 atom stereocenters. The number of fused-ring (bicyclic) bond motifs is 1. The molecule has 1 heterocycles. The predicted octanol–water partition coefficient (Wildman–Crippen LogP) is 3.72. The first-order valence-corrected chi connectivity index (χ1v) is 6.16. The highest BCUT2D eigenvalue weighted by Gasteiger charge is 2.32. The number of anilines is 2. The average Bonchev–Trinajstić information content (AvgIpc) is 2.45. The van der Waals surface area contributed by atoms with Gasteiger partial charge in [0.1, 0.15) is 0 Å². The first kappa shape index (κ1) is 12.0. The summed E-state index contributed by atoms with van der Waals surface area (Å²) in [6, 6.07) is 12.4. The van der Waals surface area contributed by atoms with E-state index in [-0.39, 0.29) is 5.69 Å². The van der Waals surface area contributed by atoms with Gasteiger partial charge in [0.25, 0.3) is 0 Å². The third kappa shape index (κ3) is 1.93. The van der Waals surface area contributed by atoms with Crippen LogP contribution >= 0.6 is 0 Å². The van der Waals surface area contributed by atoms with E-state index in [9.17, 15) is 8.78 Å². The van der Waals surface area contributed by atoms with E-state index in [0.717, 1.165) is 11.6 Å². The third-order valence-corrected chi connectivity index (χ3v) is 3.54. The van der Waals surface area contributed by atoms with Crippen molar-refractivity contribution in [2.75, 3.05) is 17.2 Å². The van der Waals surface area contributed by atoms with Crippen LogP contribution in [0.4, 0.5) is 20.2 Å². The first-order valence-electron chi connectivity index (χ1n) is 6.16. The lowest BCUT2D eigenvalue weighted by molar-refractivity contribution is 0.497. The van der Waals surface area contributed by atoms with Crippen LogP contribution in [0.15, 0.2) is 42.5 Å². The van der Waals surface area contributed by atoms with Gasteiger partial charge in [-0.1, -0.05) is 30.3 Å². The Bertz CT molecular complexity index is 613. The third-order valence-electron chi connectivity index (χ3n) is 3.54. The maximum atomic E-state index is 13.9. The van der Waals surface area contributed by atoms with Crippen LogP contribution in [0.2, 0.25) is 0 Å². The van der Waals surface area contributed by atoms with Gasteiger partial charge >= 0.3 is 0 Å². The number of hydrogen-bond acceptors (Lipinski definition) is 2. The van der Waals surface area contributed by atoms with Gasteiger partial charge in [0.15, 0.2) is 11.6 Å². The lowest BCUT2D eigenvalue weighted by Crippen LogP contribution is -2.42. The summed E-state index contributed by atoms with van der Waals surface area (Å²) in [6.45, 7) is 2.57. The van der Waals surface area contributed by atoms with Crippen molar-refractivity contribution in [3.05, 3.63) is 59.7 Å². The molecule has 2 nitrogen and oxygen atoms in total. The van der Waals surface area contributed by atoms with Crippen LogP contribution in [0.3, 0.4) is 0 Å².